The van der Waals surface area contributed by atoms with Crippen molar-refractivity contribution in [2.75, 3.05) is 63.9 Å². The molecule has 1 N–H and O–H groups in total. The summed E-state index contributed by atoms with van der Waals surface area (Å²) in [5.74, 6) is 0.712. The first-order valence-corrected chi connectivity index (χ1v) is 20.4. The Morgan fingerprint density at radius 1 is 0.980 bits per heavy atom. The van der Waals surface area contributed by atoms with E-state index in [1.54, 1.807) is 17.7 Å². The first kappa shape index (κ1) is 36.6. The van der Waals surface area contributed by atoms with Gasteiger partial charge in [0, 0.05) is 92.2 Å². The highest BCUT2D eigenvalue weighted by molar-refractivity contribution is 7.99. The summed E-state index contributed by atoms with van der Waals surface area (Å²) in [5, 5.41) is 16.1. The predicted molar refractivity (Wildman–Crippen MR) is 184 cm³/mol. The first-order chi connectivity index (χ1) is 23.4. The predicted octanol–water partition coefficient (Wildman–Crippen LogP) is 4.30. The Balaban J connectivity index is 1.22. The number of alkyl halides is 3. The Morgan fingerprint density at radius 3 is 2.41 bits per heavy atom. The van der Waals surface area contributed by atoms with Gasteiger partial charge in [-0.3, -0.25) is 9.48 Å². The zero-order valence-electron chi connectivity index (χ0n) is 28.3. The van der Waals surface area contributed by atoms with Gasteiger partial charge in [-0.25, -0.2) is 8.42 Å². The number of likely N-dealkylation sites (tertiary alicyclic amines) is 3. The molecule has 0 radical (unpaired) electrons. The van der Waals surface area contributed by atoms with Crippen LogP contribution in [0.1, 0.15) is 68.7 Å². The number of halogens is 3. The fourth-order valence-corrected chi connectivity index (χ4v) is 9.96. The molecule has 4 aliphatic heterocycles. The number of rotatable bonds is 12. The maximum absolute atomic E-state index is 14.2. The molecular weight excluding hydrogens is 678 g/mol. The molecule has 15 heteroatoms. The number of carbonyl (C=O) groups is 1. The Labute approximate surface area is 292 Å². The topological polar surface area (TPSA) is 102 Å². The number of sulfonamides is 1. The number of carbonyl (C=O) groups excluding carboxylic acids is 1. The second kappa shape index (κ2) is 15.6. The van der Waals surface area contributed by atoms with Crippen molar-refractivity contribution in [1.82, 2.24) is 28.8 Å². The molecule has 0 bridgehead atoms. The first-order valence-electron chi connectivity index (χ1n) is 17.8. The molecule has 1 aromatic heterocycles. The molecule has 3 fully saturated rings. The van der Waals surface area contributed by atoms with Gasteiger partial charge in [0.25, 0.3) is 0 Å². The molecule has 49 heavy (non-hydrogen) atoms. The highest BCUT2D eigenvalue weighted by Gasteiger charge is 2.36. The molecule has 0 spiro atoms. The van der Waals surface area contributed by atoms with Crippen LogP contribution in [-0.2, 0) is 40.5 Å². The molecule has 6 rings (SSSR count). The van der Waals surface area contributed by atoms with E-state index in [0.717, 1.165) is 76.6 Å². The van der Waals surface area contributed by atoms with Crippen molar-refractivity contribution >= 4 is 27.7 Å². The number of β-amino-alcohol motifs (C(OH)–C–C–N with tert-alkyl or cyclic N) is 1. The third kappa shape index (κ3) is 8.66. The van der Waals surface area contributed by atoms with E-state index in [4.69, 9.17) is 5.10 Å². The van der Waals surface area contributed by atoms with E-state index in [-0.39, 0.29) is 42.2 Å². The van der Waals surface area contributed by atoms with E-state index >= 15 is 0 Å². The Kier molecular flexibility index (Phi) is 11.7. The lowest BCUT2D eigenvalue weighted by atomic mass is 10.0. The number of benzene rings is 1. The van der Waals surface area contributed by atoms with Crippen molar-refractivity contribution in [3.63, 3.8) is 0 Å². The van der Waals surface area contributed by atoms with Crippen LogP contribution in [0.25, 0.3) is 11.3 Å². The average Bonchev–Trinajstić information content (AvgIpc) is 3.68. The molecule has 1 amide bonds. The van der Waals surface area contributed by atoms with Crippen molar-refractivity contribution in [2.24, 2.45) is 0 Å². The van der Waals surface area contributed by atoms with Gasteiger partial charge in [0.15, 0.2) is 0 Å². The third-order valence-electron chi connectivity index (χ3n) is 10.5. The number of amides is 1. The van der Waals surface area contributed by atoms with Crippen molar-refractivity contribution in [2.45, 2.75) is 94.6 Å². The van der Waals surface area contributed by atoms with Gasteiger partial charge >= 0.3 is 6.18 Å². The van der Waals surface area contributed by atoms with E-state index in [1.165, 1.54) is 28.6 Å². The smallest absolute Gasteiger partial charge is 0.390 e. The van der Waals surface area contributed by atoms with Crippen LogP contribution >= 0.6 is 11.8 Å². The van der Waals surface area contributed by atoms with Crippen LogP contribution in [-0.4, -0.2) is 124 Å². The van der Waals surface area contributed by atoms with E-state index in [2.05, 4.69) is 9.80 Å². The Hall–Kier alpha value is -2.17. The minimum absolute atomic E-state index is 0.0504. The van der Waals surface area contributed by atoms with Gasteiger partial charge in [-0.05, 0) is 64.3 Å². The zero-order chi connectivity index (χ0) is 34.8. The van der Waals surface area contributed by atoms with Crippen LogP contribution in [0, 0.1) is 0 Å². The van der Waals surface area contributed by atoms with Crippen molar-refractivity contribution < 1.29 is 31.5 Å². The highest BCUT2D eigenvalue weighted by Crippen LogP contribution is 2.40. The number of hydrogen-bond donors (Lipinski definition) is 1. The molecule has 10 nitrogen and oxygen atoms in total. The number of nitrogens with zero attached hydrogens (tertiary/aromatic N) is 6. The molecule has 272 valence electrons. The summed E-state index contributed by atoms with van der Waals surface area (Å²) in [6.45, 7) is 7.61. The van der Waals surface area contributed by atoms with Gasteiger partial charge in [-0.15, -0.1) is 11.8 Å². The van der Waals surface area contributed by atoms with Crippen LogP contribution in [0.15, 0.2) is 23.1 Å². The fourth-order valence-electron chi connectivity index (χ4n) is 7.78. The second-order valence-electron chi connectivity index (χ2n) is 13.8. The van der Waals surface area contributed by atoms with Crippen molar-refractivity contribution in [3.8, 4) is 11.3 Å². The van der Waals surface area contributed by atoms with E-state index < -0.39 is 27.9 Å². The monoisotopic (exact) mass is 726 g/mol. The van der Waals surface area contributed by atoms with Gasteiger partial charge in [0.05, 0.1) is 29.7 Å². The second-order valence-corrected chi connectivity index (χ2v) is 17.2. The molecule has 1 aromatic carbocycles. The number of piperidine rings is 2. The van der Waals surface area contributed by atoms with E-state index in [9.17, 15) is 31.5 Å². The average molecular weight is 727 g/mol. The molecule has 3 saturated heterocycles. The Bertz CT molecular complexity index is 1570. The molecule has 2 aromatic rings. The number of fused-ring (bicyclic) bond motifs is 1. The lowest BCUT2D eigenvalue weighted by molar-refractivity contribution is -0.139. The molecule has 1 unspecified atom stereocenters. The third-order valence-corrected chi connectivity index (χ3v) is 13.4. The van der Waals surface area contributed by atoms with E-state index in [0.29, 0.717) is 48.5 Å². The van der Waals surface area contributed by atoms with Gasteiger partial charge in [0.1, 0.15) is 0 Å². The van der Waals surface area contributed by atoms with Crippen molar-refractivity contribution in [1.29, 1.82) is 0 Å². The van der Waals surface area contributed by atoms with Gasteiger partial charge in [0.2, 0.25) is 15.9 Å². The standard InChI is InChI=1S/C34H49F3N6O4S2/c1-2-49(46,47)41-18-12-30-28(24-41)33(25-8-9-29(34(35,36)37)31(21-25)48-20-19-39-13-4-3-5-14-39)38-43(30)23-27(44)22-40-16-10-26(11-17-40)42-15-6-7-32(42)45/h8-9,21,26-27,44H,2-7,10-20,22-24H2,1H3. The van der Waals surface area contributed by atoms with Crippen LogP contribution in [0.5, 0.6) is 0 Å². The summed E-state index contributed by atoms with van der Waals surface area (Å²) in [4.78, 5) is 18.9. The van der Waals surface area contributed by atoms with Crippen LogP contribution in [0.3, 0.4) is 0 Å². The number of hydrogen-bond acceptors (Lipinski definition) is 8. The summed E-state index contributed by atoms with van der Waals surface area (Å²) in [7, 11) is -3.51. The van der Waals surface area contributed by atoms with Crippen LogP contribution in [0.2, 0.25) is 0 Å². The molecule has 0 saturated carbocycles. The summed E-state index contributed by atoms with van der Waals surface area (Å²) in [5.41, 5.74) is 1.77. The van der Waals surface area contributed by atoms with Crippen molar-refractivity contribution in [3.05, 3.63) is 35.0 Å². The largest absolute Gasteiger partial charge is 0.417 e. The summed E-state index contributed by atoms with van der Waals surface area (Å²) in [6.07, 6.45) is 1.82. The lowest BCUT2D eigenvalue weighted by Gasteiger charge is -2.37. The minimum atomic E-state index is -4.51. The number of aliphatic hydroxyl groups is 1. The van der Waals surface area contributed by atoms with Crippen LogP contribution < -0.4 is 0 Å². The summed E-state index contributed by atoms with van der Waals surface area (Å²) >= 11 is 1.20. The molecule has 4 aliphatic rings. The summed E-state index contributed by atoms with van der Waals surface area (Å²) in [6, 6.07) is 4.35. The molecule has 5 heterocycles. The Morgan fingerprint density at radius 2 is 1.73 bits per heavy atom. The summed E-state index contributed by atoms with van der Waals surface area (Å²) < 4.78 is 71.4. The SMILES string of the molecule is CCS(=O)(=O)N1CCc2c(c(-c3ccc(C(F)(F)F)c(SCCN4CCCCC4)c3)nn2CC(O)CN2CCC(N3CCCC3=O)CC2)C1. The zero-order valence-corrected chi connectivity index (χ0v) is 30.0. The lowest BCUT2D eigenvalue weighted by Crippen LogP contribution is -2.47. The van der Waals surface area contributed by atoms with Gasteiger partial charge in [-0.2, -0.15) is 22.6 Å². The van der Waals surface area contributed by atoms with E-state index in [1.807, 2.05) is 4.90 Å². The molecule has 1 atom stereocenters. The maximum atomic E-state index is 14.2. The molecule has 0 aliphatic carbocycles. The number of aliphatic hydroxyl groups excluding tert-OH is 1. The van der Waals surface area contributed by atoms with Gasteiger partial charge in [-0.1, -0.05) is 12.5 Å². The highest BCUT2D eigenvalue weighted by atomic mass is 32.2. The minimum Gasteiger partial charge on any atom is -0.390 e. The fraction of sp³-hybridized carbons (Fsp3) is 0.706. The maximum Gasteiger partial charge on any atom is 0.417 e. The van der Waals surface area contributed by atoms with Crippen LogP contribution in [0.4, 0.5) is 13.2 Å². The normalized spacial score (nSPS) is 21.4. The number of thioether (sulfide) groups is 1. The number of aromatic nitrogens is 2. The molecular formula is C34H49F3N6O4S2. The quantitative estimate of drug-likeness (QED) is 0.324. The van der Waals surface area contributed by atoms with Gasteiger partial charge < -0.3 is 19.8 Å².